The SMILES string of the molecule is CC(=O)NC(C)C(=O)NC(C)C(=O)N1CCCC1C(=O)NC(C)C(=O)Nc1ccc([N+](=O)[O-])cc1. The Morgan fingerprint density at radius 3 is 2.11 bits per heavy atom. The maximum absolute atomic E-state index is 12.9. The Kier molecular flexibility index (Phi) is 9.26. The van der Waals surface area contributed by atoms with Gasteiger partial charge in [-0.05, 0) is 45.7 Å². The summed E-state index contributed by atoms with van der Waals surface area (Å²) in [6.07, 6.45) is 0.980. The van der Waals surface area contributed by atoms with E-state index in [9.17, 15) is 34.1 Å². The van der Waals surface area contributed by atoms with Crippen LogP contribution in [0, 0.1) is 10.1 Å². The van der Waals surface area contributed by atoms with E-state index in [1.54, 1.807) is 0 Å². The number of nitro groups is 1. The first-order chi connectivity index (χ1) is 16.4. The predicted octanol–water partition coefficient (Wildman–Crippen LogP) is 0.0583. The molecule has 1 heterocycles. The number of likely N-dealkylation sites (tertiary alicyclic amines) is 1. The number of amides is 5. The second-order valence-electron chi connectivity index (χ2n) is 8.37. The summed E-state index contributed by atoms with van der Waals surface area (Å²) >= 11 is 0. The highest BCUT2D eigenvalue weighted by Gasteiger charge is 2.37. The van der Waals surface area contributed by atoms with Gasteiger partial charge in [0.05, 0.1) is 4.92 Å². The lowest BCUT2D eigenvalue weighted by molar-refractivity contribution is -0.384. The van der Waals surface area contributed by atoms with Crippen LogP contribution in [-0.2, 0) is 24.0 Å². The van der Waals surface area contributed by atoms with Gasteiger partial charge in [0.25, 0.3) is 5.69 Å². The average molecular weight is 491 g/mol. The van der Waals surface area contributed by atoms with Crippen molar-refractivity contribution in [2.75, 3.05) is 11.9 Å². The Labute approximate surface area is 202 Å². The van der Waals surface area contributed by atoms with E-state index >= 15 is 0 Å². The topological polar surface area (TPSA) is 180 Å². The molecule has 4 unspecified atom stereocenters. The van der Waals surface area contributed by atoms with Crippen molar-refractivity contribution in [3.05, 3.63) is 34.4 Å². The molecule has 4 N–H and O–H groups in total. The van der Waals surface area contributed by atoms with Gasteiger partial charge < -0.3 is 26.2 Å². The van der Waals surface area contributed by atoms with Crippen molar-refractivity contribution >= 4 is 40.9 Å². The zero-order valence-corrected chi connectivity index (χ0v) is 20.0. The fraction of sp³-hybridized carbons (Fsp3) is 0.500. The van der Waals surface area contributed by atoms with Crippen LogP contribution in [0.4, 0.5) is 11.4 Å². The van der Waals surface area contributed by atoms with Gasteiger partial charge in [0.1, 0.15) is 24.2 Å². The molecule has 1 saturated heterocycles. The maximum atomic E-state index is 12.9. The van der Waals surface area contributed by atoms with Crippen molar-refractivity contribution in [2.24, 2.45) is 0 Å². The fourth-order valence-electron chi connectivity index (χ4n) is 3.61. The molecule has 0 bridgehead atoms. The molecule has 35 heavy (non-hydrogen) atoms. The monoisotopic (exact) mass is 490 g/mol. The normalized spacial score (nSPS) is 17.5. The Hall–Kier alpha value is -4.03. The van der Waals surface area contributed by atoms with Crippen molar-refractivity contribution in [3.63, 3.8) is 0 Å². The lowest BCUT2D eigenvalue weighted by atomic mass is 10.1. The molecule has 190 valence electrons. The third kappa shape index (κ3) is 7.48. The number of rotatable bonds is 9. The van der Waals surface area contributed by atoms with E-state index in [-0.39, 0.29) is 11.6 Å². The van der Waals surface area contributed by atoms with Gasteiger partial charge >= 0.3 is 0 Å². The summed E-state index contributed by atoms with van der Waals surface area (Å²) in [6.45, 7) is 6.06. The number of non-ortho nitro benzene ring substituents is 1. The van der Waals surface area contributed by atoms with Crippen LogP contribution in [0.5, 0.6) is 0 Å². The molecule has 1 fully saturated rings. The van der Waals surface area contributed by atoms with Crippen LogP contribution in [0.2, 0.25) is 0 Å². The lowest BCUT2D eigenvalue weighted by Gasteiger charge is -2.28. The molecule has 0 spiro atoms. The minimum absolute atomic E-state index is 0.120. The smallest absolute Gasteiger partial charge is 0.269 e. The quantitative estimate of drug-likeness (QED) is 0.279. The van der Waals surface area contributed by atoms with E-state index in [1.807, 2.05) is 0 Å². The lowest BCUT2D eigenvalue weighted by Crippen LogP contribution is -2.56. The zero-order valence-electron chi connectivity index (χ0n) is 20.0. The summed E-state index contributed by atoms with van der Waals surface area (Å²) in [5, 5.41) is 20.9. The van der Waals surface area contributed by atoms with E-state index in [1.165, 1.54) is 56.9 Å². The van der Waals surface area contributed by atoms with E-state index in [2.05, 4.69) is 21.3 Å². The molecule has 13 heteroatoms. The number of hydrogen-bond acceptors (Lipinski definition) is 7. The summed E-state index contributed by atoms with van der Waals surface area (Å²) in [6, 6.07) is 1.77. The number of nitro benzene ring substituents is 1. The minimum Gasteiger partial charge on any atom is -0.345 e. The Morgan fingerprint density at radius 1 is 0.943 bits per heavy atom. The number of nitrogens with zero attached hydrogens (tertiary/aromatic N) is 2. The first-order valence-electron chi connectivity index (χ1n) is 11.1. The molecule has 0 radical (unpaired) electrons. The summed E-state index contributed by atoms with van der Waals surface area (Å²) in [5.74, 6) is -2.40. The molecular formula is C22H30N6O7. The van der Waals surface area contributed by atoms with Crippen LogP contribution in [0.25, 0.3) is 0 Å². The highest BCUT2D eigenvalue weighted by molar-refractivity contribution is 5.99. The van der Waals surface area contributed by atoms with E-state index in [0.29, 0.717) is 25.1 Å². The van der Waals surface area contributed by atoms with Gasteiger partial charge in [0.2, 0.25) is 29.5 Å². The standard InChI is InChI=1S/C22H30N6O7/c1-12(23-15(4)29)19(30)25-14(3)22(33)27-11-5-6-18(27)21(32)24-13(2)20(31)26-16-7-9-17(10-8-16)28(34)35/h7-10,12-14,18H,5-6,11H2,1-4H3,(H,23,29)(H,24,32)(H,25,30)(H,26,31). The molecule has 5 amide bonds. The largest absolute Gasteiger partial charge is 0.345 e. The Bertz CT molecular complexity index is 997. The van der Waals surface area contributed by atoms with Gasteiger partial charge in [-0.3, -0.25) is 34.1 Å². The molecular weight excluding hydrogens is 460 g/mol. The van der Waals surface area contributed by atoms with Crippen molar-refractivity contribution < 1.29 is 28.9 Å². The molecule has 1 aromatic rings. The first kappa shape index (κ1) is 27.2. The number of hydrogen-bond donors (Lipinski definition) is 4. The Balaban J connectivity index is 1.93. The number of benzene rings is 1. The molecule has 0 aliphatic carbocycles. The van der Waals surface area contributed by atoms with Gasteiger partial charge in [0, 0.05) is 31.3 Å². The minimum atomic E-state index is -0.939. The second kappa shape index (κ2) is 11.9. The third-order valence-electron chi connectivity index (χ3n) is 5.48. The number of anilines is 1. The van der Waals surface area contributed by atoms with E-state index in [0.717, 1.165) is 0 Å². The highest BCUT2D eigenvalue weighted by Crippen LogP contribution is 2.19. The summed E-state index contributed by atoms with van der Waals surface area (Å²) in [7, 11) is 0. The number of carbonyl (C=O) groups is 5. The molecule has 2 rings (SSSR count). The summed E-state index contributed by atoms with van der Waals surface area (Å²) in [5.41, 5.74) is 0.211. The predicted molar refractivity (Wildman–Crippen MR) is 125 cm³/mol. The van der Waals surface area contributed by atoms with Crippen molar-refractivity contribution in [2.45, 2.75) is 64.7 Å². The molecule has 1 aromatic carbocycles. The van der Waals surface area contributed by atoms with Crippen LogP contribution in [0.3, 0.4) is 0 Å². The molecule has 1 aliphatic heterocycles. The third-order valence-corrected chi connectivity index (χ3v) is 5.48. The first-order valence-corrected chi connectivity index (χ1v) is 11.1. The highest BCUT2D eigenvalue weighted by atomic mass is 16.6. The number of carbonyl (C=O) groups excluding carboxylic acids is 5. The zero-order chi connectivity index (χ0) is 26.3. The average Bonchev–Trinajstić information content (AvgIpc) is 3.28. The molecule has 0 saturated carbocycles. The van der Waals surface area contributed by atoms with Gasteiger partial charge in [-0.15, -0.1) is 0 Å². The van der Waals surface area contributed by atoms with E-state index < -0.39 is 52.7 Å². The fourth-order valence-corrected chi connectivity index (χ4v) is 3.61. The van der Waals surface area contributed by atoms with Crippen LogP contribution >= 0.6 is 0 Å². The van der Waals surface area contributed by atoms with E-state index in [4.69, 9.17) is 0 Å². The second-order valence-corrected chi connectivity index (χ2v) is 8.37. The summed E-state index contributed by atoms with van der Waals surface area (Å²) < 4.78 is 0. The molecule has 0 aromatic heterocycles. The van der Waals surface area contributed by atoms with Gasteiger partial charge in [0.15, 0.2) is 0 Å². The van der Waals surface area contributed by atoms with Gasteiger partial charge in [-0.2, -0.15) is 0 Å². The van der Waals surface area contributed by atoms with Gasteiger partial charge in [-0.25, -0.2) is 0 Å². The maximum Gasteiger partial charge on any atom is 0.269 e. The van der Waals surface area contributed by atoms with Crippen LogP contribution in [-0.4, -0.2) is 70.1 Å². The van der Waals surface area contributed by atoms with Crippen molar-refractivity contribution in [3.8, 4) is 0 Å². The van der Waals surface area contributed by atoms with Gasteiger partial charge in [-0.1, -0.05) is 0 Å². The van der Waals surface area contributed by atoms with Crippen molar-refractivity contribution in [1.82, 2.24) is 20.9 Å². The Morgan fingerprint density at radius 2 is 1.54 bits per heavy atom. The van der Waals surface area contributed by atoms with Crippen LogP contribution in [0.1, 0.15) is 40.5 Å². The molecule has 4 atom stereocenters. The van der Waals surface area contributed by atoms with Crippen LogP contribution < -0.4 is 21.3 Å². The number of nitrogens with one attached hydrogen (secondary N) is 4. The van der Waals surface area contributed by atoms with Crippen LogP contribution in [0.15, 0.2) is 24.3 Å². The summed E-state index contributed by atoms with van der Waals surface area (Å²) in [4.78, 5) is 73.0. The molecule has 13 nitrogen and oxygen atoms in total. The molecule has 1 aliphatic rings. The van der Waals surface area contributed by atoms with Crippen molar-refractivity contribution in [1.29, 1.82) is 0 Å².